The monoisotopic (exact) mass is 263 g/mol. The number of carbonyl (C=O) groups excluding carboxylic acids is 1. The molecule has 0 heterocycles. The molecule has 1 amide bonds. The van der Waals surface area contributed by atoms with E-state index in [1.807, 2.05) is 39.0 Å². The average Bonchev–Trinajstić information content (AvgIpc) is 2.39. The van der Waals surface area contributed by atoms with Crippen molar-refractivity contribution in [3.8, 4) is 0 Å². The van der Waals surface area contributed by atoms with E-state index in [0.29, 0.717) is 13.0 Å². The van der Waals surface area contributed by atoms with Crippen LogP contribution in [0.2, 0.25) is 0 Å². The molecule has 19 heavy (non-hydrogen) atoms. The van der Waals surface area contributed by atoms with Gasteiger partial charge in [0.05, 0.1) is 13.0 Å². The zero-order chi connectivity index (χ0) is 14.4. The Morgan fingerprint density at radius 1 is 1.37 bits per heavy atom. The minimum atomic E-state index is -0.0302. The third-order valence-corrected chi connectivity index (χ3v) is 3.14. The highest BCUT2D eigenvalue weighted by molar-refractivity contribution is 5.87. The number of nitrogens with two attached hydrogens (primary N) is 1. The molecule has 0 radical (unpaired) electrons. The van der Waals surface area contributed by atoms with Gasteiger partial charge in [0.2, 0.25) is 5.91 Å². The van der Waals surface area contributed by atoms with E-state index in [1.165, 1.54) is 11.1 Å². The first-order valence-electron chi connectivity index (χ1n) is 6.28. The number of aryl methyl sites for hydroxylation is 2. The van der Waals surface area contributed by atoms with Gasteiger partial charge < -0.3 is 15.8 Å². The summed E-state index contributed by atoms with van der Waals surface area (Å²) < 4.78 is 0. The molecule has 0 aromatic heterocycles. The van der Waals surface area contributed by atoms with Crippen LogP contribution in [-0.2, 0) is 11.2 Å². The normalized spacial score (nSPS) is 11.4. The van der Waals surface area contributed by atoms with Crippen LogP contribution in [0.5, 0.6) is 0 Å². The second-order valence-electron chi connectivity index (χ2n) is 4.59. The van der Waals surface area contributed by atoms with Gasteiger partial charge in [0, 0.05) is 6.54 Å². The molecule has 0 aliphatic rings. The highest BCUT2D eigenvalue weighted by Gasteiger charge is 2.14. The van der Waals surface area contributed by atoms with Crippen LogP contribution in [0, 0.1) is 13.8 Å². The summed E-state index contributed by atoms with van der Waals surface area (Å²) in [7, 11) is 0. The lowest BCUT2D eigenvalue weighted by Gasteiger charge is -2.20. The molecule has 0 saturated heterocycles. The fourth-order valence-electron chi connectivity index (χ4n) is 1.80. The first-order valence-corrected chi connectivity index (χ1v) is 6.28. The summed E-state index contributed by atoms with van der Waals surface area (Å²) >= 11 is 0. The molecule has 1 rings (SSSR count). The topological polar surface area (TPSA) is 78.9 Å². The smallest absolute Gasteiger partial charge is 0.227 e. The highest BCUT2D eigenvalue weighted by atomic mass is 16.4. The first kappa shape index (κ1) is 15.0. The van der Waals surface area contributed by atoms with Crippen LogP contribution in [0.15, 0.2) is 23.4 Å². The van der Waals surface area contributed by atoms with Gasteiger partial charge in [0.1, 0.15) is 0 Å². The molecule has 5 heteroatoms. The van der Waals surface area contributed by atoms with Crippen molar-refractivity contribution < 1.29 is 10.0 Å². The van der Waals surface area contributed by atoms with Gasteiger partial charge in [-0.25, -0.2) is 0 Å². The number of nitrogens with zero attached hydrogens (tertiary/aromatic N) is 2. The predicted molar refractivity (Wildman–Crippen MR) is 75.3 cm³/mol. The summed E-state index contributed by atoms with van der Waals surface area (Å²) in [6, 6.07) is 5.99. The number of rotatable bonds is 5. The molecular weight excluding hydrogens is 242 g/mol. The molecule has 0 fully saturated rings. The Kier molecular flexibility index (Phi) is 5.36. The van der Waals surface area contributed by atoms with E-state index in [9.17, 15) is 4.79 Å². The van der Waals surface area contributed by atoms with Crippen molar-refractivity contribution in [1.29, 1.82) is 0 Å². The molecule has 0 atom stereocenters. The van der Waals surface area contributed by atoms with E-state index in [1.54, 1.807) is 4.90 Å². The van der Waals surface area contributed by atoms with Gasteiger partial charge in [-0.05, 0) is 37.5 Å². The van der Waals surface area contributed by atoms with E-state index >= 15 is 0 Å². The second kappa shape index (κ2) is 6.78. The van der Waals surface area contributed by atoms with Gasteiger partial charge in [-0.3, -0.25) is 4.79 Å². The number of hydrogen-bond acceptors (Lipinski definition) is 3. The second-order valence-corrected chi connectivity index (χ2v) is 4.59. The minimum Gasteiger partial charge on any atom is -0.409 e. The van der Waals surface area contributed by atoms with Gasteiger partial charge in [0.15, 0.2) is 5.84 Å². The van der Waals surface area contributed by atoms with Crippen molar-refractivity contribution in [2.24, 2.45) is 10.9 Å². The number of hydrogen-bond donors (Lipinski definition) is 2. The molecule has 0 aliphatic heterocycles. The Bertz CT molecular complexity index is 484. The largest absolute Gasteiger partial charge is 0.409 e. The summed E-state index contributed by atoms with van der Waals surface area (Å²) in [4.78, 5) is 13.7. The molecule has 0 unspecified atom stereocenters. The summed E-state index contributed by atoms with van der Waals surface area (Å²) in [6.45, 7) is 6.61. The molecule has 5 nitrogen and oxygen atoms in total. The summed E-state index contributed by atoms with van der Waals surface area (Å²) in [5.41, 5.74) is 8.79. The molecule has 0 aliphatic carbocycles. The molecule has 0 spiro atoms. The molecular formula is C14H21N3O2. The SMILES string of the molecule is CCN(CC(N)=NO)C(=O)Cc1ccc(C)c(C)c1. The van der Waals surface area contributed by atoms with Crippen LogP contribution < -0.4 is 5.73 Å². The van der Waals surface area contributed by atoms with E-state index in [-0.39, 0.29) is 18.3 Å². The summed E-state index contributed by atoms with van der Waals surface area (Å²) in [5.74, 6) is 0.00707. The molecule has 1 aromatic carbocycles. The third-order valence-electron chi connectivity index (χ3n) is 3.14. The van der Waals surface area contributed by atoms with Crippen molar-refractivity contribution in [2.75, 3.05) is 13.1 Å². The molecule has 3 N–H and O–H groups in total. The van der Waals surface area contributed by atoms with Crippen LogP contribution in [0.4, 0.5) is 0 Å². The zero-order valence-corrected chi connectivity index (χ0v) is 11.7. The van der Waals surface area contributed by atoms with Gasteiger partial charge in [-0.2, -0.15) is 0 Å². The maximum absolute atomic E-state index is 12.1. The number of benzene rings is 1. The lowest BCUT2D eigenvalue weighted by atomic mass is 10.0. The maximum Gasteiger partial charge on any atom is 0.227 e. The van der Waals surface area contributed by atoms with Gasteiger partial charge in [0.25, 0.3) is 0 Å². The van der Waals surface area contributed by atoms with Gasteiger partial charge in [-0.1, -0.05) is 23.4 Å². The Morgan fingerprint density at radius 2 is 2.05 bits per heavy atom. The summed E-state index contributed by atoms with van der Waals surface area (Å²) in [5, 5.41) is 11.4. The van der Waals surface area contributed by atoms with Crippen LogP contribution in [-0.4, -0.2) is 34.9 Å². The Labute approximate surface area is 113 Å². The first-order chi connectivity index (χ1) is 8.97. The van der Waals surface area contributed by atoms with Crippen molar-refractivity contribution in [3.05, 3.63) is 34.9 Å². The fraction of sp³-hybridized carbons (Fsp3) is 0.429. The van der Waals surface area contributed by atoms with E-state index in [0.717, 1.165) is 5.56 Å². The lowest BCUT2D eigenvalue weighted by molar-refractivity contribution is -0.129. The molecule has 1 aromatic rings. The number of oxime groups is 1. The van der Waals surface area contributed by atoms with Gasteiger partial charge >= 0.3 is 0 Å². The summed E-state index contributed by atoms with van der Waals surface area (Å²) in [6.07, 6.45) is 0.327. The van der Waals surface area contributed by atoms with E-state index in [4.69, 9.17) is 10.9 Å². The molecule has 0 saturated carbocycles. The number of amidine groups is 1. The quantitative estimate of drug-likeness (QED) is 0.365. The Balaban J connectivity index is 2.73. The van der Waals surface area contributed by atoms with Crippen LogP contribution in [0.3, 0.4) is 0 Å². The molecule has 104 valence electrons. The Morgan fingerprint density at radius 3 is 2.58 bits per heavy atom. The van der Waals surface area contributed by atoms with Crippen molar-refractivity contribution >= 4 is 11.7 Å². The maximum atomic E-state index is 12.1. The van der Waals surface area contributed by atoms with Crippen molar-refractivity contribution in [2.45, 2.75) is 27.2 Å². The van der Waals surface area contributed by atoms with Crippen molar-refractivity contribution in [1.82, 2.24) is 4.90 Å². The lowest BCUT2D eigenvalue weighted by Crippen LogP contribution is -2.39. The highest BCUT2D eigenvalue weighted by Crippen LogP contribution is 2.11. The van der Waals surface area contributed by atoms with E-state index in [2.05, 4.69) is 5.16 Å². The average molecular weight is 263 g/mol. The van der Waals surface area contributed by atoms with Gasteiger partial charge in [-0.15, -0.1) is 0 Å². The zero-order valence-electron chi connectivity index (χ0n) is 11.7. The van der Waals surface area contributed by atoms with Crippen LogP contribution in [0.1, 0.15) is 23.6 Å². The minimum absolute atomic E-state index is 0.0302. The standard InChI is InChI=1S/C14H21N3O2/c1-4-17(9-13(15)16-19)14(18)8-12-6-5-10(2)11(3)7-12/h5-7,19H,4,8-9H2,1-3H3,(H2,15,16). The molecule has 0 bridgehead atoms. The Hall–Kier alpha value is -2.04. The third kappa shape index (κ3) is 4.28. The number of carbonyl (C=O) groups is 1. The van der Waals surface area contributed by atoms with Crippen LogP contribution in [0.25, 0.3) is 0 Å². The number of likely N-dealkylation sites (N-methyl/N-ethyl adjacent to an activating group) is 1. The van der Waals surface area contributed by atoms with Crippen LogP contribution >= 0.6 is 0 Å². The fourth-order valence-corrected chi connectivity index (χ4v) is 1.80. The predicted octanol–water partition coefficient (Wildman–Crippen LogP) is 1.44. The number of amides is 1. The van der Waals surface area contributed by atoms with E-state index < -0.39 is 0 Å². The van der Waals surface area contributed by atoms with Crippen molar-refractivity contribution in [3.63, 3.8) is 0 Å².